The highest BCUT2D eigenvalue weighted by Crippen LogP contribution is 2.26. The molecule has 2 heterocycles. The molecule has 0 unspecified atom stereocenters. The van der Waals surface area contributed by atoms with Crippen LogP contribution >= 0.6 is 23.2 Å². The van der Waals surface area contributed by atoms with Gasteiger partial charge in [0.15, 0.2) is 5.84 Å². The van der Waals surface area contributed by atoms with E-state index in [1.54, 1.807) is 29.3 Å². The van der Waals surface area contributed by atoms with Crippen LogP contribution in [0.3, 0.4) is 0 Å². The Labute approximate surface area is 143 Å². The number of allylic oxidation sites excluding steroid dienone is 2. The molecule has 1 aromatic rings. The summed E-state index contributed by atoms with van der Waals surface area (Å²) in [5, 5.41) is 3.33. The summed E-state index contributed by atoms with van der Waals surface area (Å²) in [6, 6.07) is 4.67. The number of carbonyl (C=O) groups excluding carboxylic acids is 1. The van der Waals surface area contributed by atoms with E-state index in [0.717, 1.165) is 0 Å². The number of hydrogen-bond donors (Lipinski definition) is 1. The Kier molecular flexibility index (Phi) is 4.18. The summed E-state index contributed by atoms with van der Waals surface area (Å²) in [7, 11) is -3.55. The number of fused-ring (bicyclic) bond motifs is 1. The number of carbonyl (C=O) groups is 1. The van der Waals surface area contributed by atoms with Crippen LogP contribution in [0.1, 0.15) is 0 Å². The number of nitrogens with one attached hydrogen (secondary N) is 1. The lowest BCUT2D eigenvalue weighted by Crippen LogP contribution is -2.40. The molecule has 9 heteroatoms. The van der Waals surface area contributed by atoms with Crippen LogP contribution in [-0.2, 0) is 14.8 Å². The topological polar surface area (TPSA) is 78.8 Å². The average Bonchev–Trinajstić information content (AvgIpc) is 2.49. The molecular weight excluding hydrogens is 361 g/mol. The smallest absolute Gasteiger partial charge is 0.259 e. The molecule has 1 aromatic carbocycles. The Hall–Kier alpha value is -1.83. The first-order chi connectivity index (χ1) is 10.9. The van der Waals surface area contributed by atoms with Gasteiger partial charge in [-0.25, -0.2) is 8.42 Å². The molecule has 0 aromatic heterocycles. The van der Waals surface area contributed by atoms with Gasteiger partial charge in [-0.3, -0.25) is 4.79 Å². The summed E-state index contributed by atoms with van der Waals surface area (Å²) >= 11 is 11.7. The van der Waals surface area contributed by atoms with E-state index in [0.29, 0.717) is 15.7 Å². The number of rotatable bonds is 2. The number of halogens is 2. The fourth-order valence-corrected chi connectivity index (χ4v) is 3.45. The van der Waals surface area contributed by atoms with Crippen molar-refractivity contribution in [2.24, 2.45) is 4.40 Å². The molecule has 2 aliphatic rings. The third kappa shape index (κ3) is 3.41. The molecule has 0 atom stereocenters. The minimum absolute atomic E-state index is 0.0808. The van der Waals surface area contributed by atoms with E-state index >= 15 is 0 Å². The number of hydrogen-bond acceptors (Lipinski definition) is 4. The summed E-state index contributed by atoms with van der Waals surface area (Å²) in [4.78, 5) is 14.1. The maximum absolute atomic E-state index is 12.4. The molecule has 6 nitrogen and oxygen atoms in total. The lowest BCUT2D eigenvalue weighted by molar-refractivity contribution is -0.112. The quantitative estimate of drug-likeness (QED) is 0.865. The molecule has 2 aliphatic heterocycles. The van der Waals surface area contributed by atoms with Crippen molar-refractivity contribution in [1.29, 1.82) is 0 Å². The van der Waals surface area contributed by atoms with Crippen molar-refractivity contribution in [3.63, 3.8) is 0 Å². The van der Waals surface area contributed by atoms with Gasteiger partial charge in [0.1, 0.15) is 0 Å². The highest BCUT2D eigenvalue weighted by atomic mass is 35.5. The van der Waals surface area contributed by atoms with E-state index < -0.39 is 15.9 Å². The zero-order valence-electron chi connectivity index (χ0n) is 11.7. The van der Waals surface area contributed by atoms with Gasteiger partial charge in [-0.1, -0.05) is 23.2 Å². The number of nitrogens with zero attached hydrogens (tertiary/aromatic N) is 2. The molecule has 0 spiro atoms. The highest BCUT2D eigenvalue weighted by molar-refractivity contribution is 7.90. The van der Waals surface area contributed by atoms with Crippen molar-refractivity contribution in [1.82, 2.24) is 4.90 Å². The molecule has 1 amide bonds. The first-order valence-electron chi connectivity index (χ1n) is 6.60. The Morgan fingerprint density at radius 2 is 2.04 bits per heavy atom. The zero-order chi connectivity index (χ0) is 16.6. The minimum Gasteiger partial charge on any atom is -0.331 e. The van der Waals surface area contributed by atoms with Gasteiger partial charge in [0.25, 0.3) is 15.9 Å². The second-order valence-corrected chi connectivity index (χ2v) is 7.47. The molecule has 0 bridgehead atoms. The fraction of sp³-hybridized carbons (Fsp3) is 0.143. The van der Waals surface area contributed by atoms with Crippen LogP contribution in [0.4, 0.5) is 5.69 Å². The Morgan fingerprint density at radius 1 is 1.26 bits per heavy atom. The van der Waals surface area contributed by atoms with Gasteiger partial charge < -0.3 is 10.2 Å². The summed E-state index contributed by atoms with van der Waals surface area (Å²) < 4.78 is 27.1. The van der Waals surface area contributed by atoms with Crippen LogP contribution < -0.4 is 5.32 Å². The molecule has 0 fully saturated rings. The largest absolute Gasteiger partial charge is 0.331 e. The molecular formula is C14H11Cl2N3O3S. The van der Waals surface area contributed by atoms with Crippen LogP contribution in [0, 0.1) is 0 Å². The molecule has 120 valence electrons. The molecule has 23 heavy (non-hydrogen) atoms. The molecule has 0 radical (unpaired) electrons. The van der Waals surface area contributed by atoms with Gasteiger partial charge in [0.05, 0.1) is 21.4 Å². The van der Waals surface area contributed by atoms with Gasteiger partial charge in [0, 0.05) is 18.4 Å². The van der Waals surface area contributed by atoms with Gasteiger partial charge in [-0.15, -0.1) is 4.40 Å². The van der Waals surface area contributed by atoms with E-state index in [9.17, 15) is 13.2 Å². The van der Waals surface area contributed by atoms with Gasteiger partial charge in [0.2, 0.25) is 0 Å². The van der Waals surface area contributed by atoms with Gasteiger partial charge >= 0.3 is 0 Å². The number of amides is 1. The Balaban J connectivity index is 1.89. The van der Waals surface area contributed by atoms with E-state index in [1.807, 2.05) is 0 Å². The molecule has 3 rings (SSSR count). The molecule has 1 N–H and O–H groups in total. The third-order valence-corrected chi connectivity index (χ3v) is 5.17. The average molecular weight is 372 g/mol. The second-order valence-electron chi connectivity index (χ2n) is 4.90. The predicted octanol–water partition coefficient (Wildman–Crippen LogP) is 2.43. The highest BCUT2D eigenvalue weighted by Gasteiger charge is 2.29. The summed E-state index contributed by atoms with van der Waals surface area (Å²) in [6.07, 6.45) is 4.87. The molecule has 0 aliphatic carbocycles. The number of anilines is 1. The molecule has 0 saturated carbocycles. The predicted molar refractivity (Wildman–Crippen MR) is 90.2 cm³/mol. The standard InChI is InChI=1S/C14H11Cl2N3O3S/c15-11-4-3-9(8-12(11)16)17-14(20)10-2-1-5-19-6-7-23(21,22)18-13(10)19/h1-5,8H,6-7H2,(H,17,20). The van der Waals surface area contributed by atoms with E-state index in [4.69, 9.17) is 23.2 Å². The number of amidine groups is 1. The SMILES string of the molecule is O=C(Nc1ccc(Cl)c(Cl)c1)C1=CC=CN2CCS(=O)(=O)N=C12. The van der Waals surface area contributed by atoms with Gasteiger partial charge in [-0.2, -0.15) is 0 Å². The first-order valence-corrected chi connectivity index (χ1v) is 8.97. The summed E-state index contributed by atoms with van der Waals surface area (Å²) in [5.74, 6) is -0.437. The van der Waals surface area contributed by atoms with Crippen molar-refractivity contribution in [3.8, 4) is 0 Å². The van der Waals surface area contributed by atoms with Crippen molar-refractivity contribution in [2.45, 2.75) is 0 Å². The Bertz CT molecular complexity index is 875. The van der Waals surface area contributed by atoms with E-state index in [1.165, 1.54) is 12.1 Å². The van der Waals surface area contributed by atoms with E-state index in [2.05, 4.69) is 9.71 Å². The van der Waals surface area contributed by atoms with Crippen LogP contribution in [-0.4, -0.2) is 37.4 Å². The normalized spacial score (nSPS) is 18.8. The van der Waals surface area contributed by atoms with Crippen molar-refractivity contribution in [2.75, 3.05) is 17.6 Å². The van der Waals surface area contributed by atoms with Crippen LogP contribution in [0.15, 0.2) is 46.5 Å². The summed E-state index contributed by atoms with van der Waals surface area (Å²) in [5.41, 5.74) is 0.618. The maximum Gasteiger partial charge on any atom is 0.259 e. The van der Waals surface area contributed by atoms with Crippen LogP contribution in [0.5, 0.6) is 0 Å². The monoisotopic (exact) mass is 371 g/mol. The van der Waals surface area contributed by atoms with Crippen LogP contribution in [0.2, 0.25) is 10.0 Å². The lowest BCUT2D eigenvalue weighted by Gasteiger charge is -2.28. The van der Waals surface area contributed by atoms with Gasteiger partial charge in [-0.05, 0) is 30.4 Å². The Morgan fingerprint density at radius 3 is 2.78 bits per heavy atom. The fourth-order valence-electron chi connectivity index (χ4n) is 2.17. The van der Waals surface area contributed by atoms with Crippen LogP contribution in [0.25, 0.3) is 0 Å². The summed E-state index contributed by atoms with van der Waals surface area (Å²) in [6.45, 7) is 0.259. The zero-order valence-corrected chi connectivity index (χ0v) is 14.0. The first kappa shape index (κ1) is 16.0. The molecule has 0 saturated heterocycles. The number of sulfonamides is 1. The van der Waals surface area contributed by atoms with Crippen molar-refractivity contribution in [3.05, 3.63) is 52.2 Å². The second kappa shape index (κ2) is 5.99. The number of benzene rings is 1. The lowest BCUT2D eigenvalue weighted by atomic mass is 10.1. The van der Waals surface area contributed by atoms with E-state index in [-0.39, 0.29) is 23.7 Å². The van der Waals surface area contributed by atoms with Crippen molar-refractivity contribution >= 4 is 50.7 Å². The maximum atomic E-state index is 12.4. The third-order valence-electron chi connectivity index (χ3n) is 3.28. The van der Waals surface area contributed by atoms with Crippen molar-refractivity contribution < 1.29 is 13.2 Å². The minimum atomic E-state index is -3.55.